The Labute approximate surface area is 231 Å². The maximum Gasteiger partial charge on any atom is 0.416 e. The number of carbonyl (C=O) groups is 2. The number of nitrogens with zero attached hydrogens (tertiary/aromatic N) is 2. The van der Waals surface area contributed by atoms with Crippen molar-refractivity contribution in [2.24, 2.45) is 0 Å². The van der Waals surface area contributed by atoms with E-state index in [1.54, 1.807) is 79.7 Å². The number of methoxy groups -OCH3 is 1. The van der Waals surface area contributed by atoms with E-state index in [1.807, 2.05) is 6.92 Å². The molecule has 1 amide bonds. The number of ether oxygens (including phenoxy) is 3. The van der Waals surface area contributed by atoms with Crippen LogP contribution < -0.4 is 14.2 Å². The summed E-state index contributed by atoms with van der Waals surface area (Å²) in [5.74, 6) is 1.67. The van der Waals surface area contributed by atoms with Crippen LogP contribution in [0.4, 0.5) is 4.79 Å². The summed E-state index contributed by atoms with van der Waals surface area (Å²) in [7, 11) is 1.53. The van der Waals surface area contributed by atoms with Crippen LogP contribution >= 0.6 is 0 Å². The highest BCUT2D eigenvalue weighted by Gasteiger charge is 2.26. The highest BCUT2D eigenvalue weighted by atomic mass is 16.6. The van der Waals surface area contributed by atoms with E-state index < -0.39 is 24.6 Å². The number of carboxylic acid groups (broad SMARTS) is 1. The number of rotatable bonds is 11. The molecule has 0 saturated heterocycles. The predicted molar refractivity (Wildman–Crippen MR) is 146 cm³/mol. The highest BCUT2D eigenvalue weighted by Crippen LogP contribution is 2.26. The van der Waals surface area contributed by atoms with E-state index in [9.17, 15) is 19.8 Å². The number of carboxylic acids is 1. The first-order valence-electron chi connectivity index (χ1n) is 12.6. The molecule has 208 valence electrons. The second-order valence-electron chi connectivity index (χ2n) is 8.98. The van der Waals surface area contributed by atoms with Gasteiger partial charge < -0.3 is 28.8 Å². The number of aromatic hydroxyl groups is 1. The van der Waals surface area contributed by atoms with Gasteiger partial charge in [-0.05, 0) is 80.1 Å². The number of phenols is 1. The van der Waals surface area contributed by atoms with Crippen molar-refractivity contribution in [2.75, 3.05) is 20.3 Å². The molecule has 0 aliphatic rings. The summed E-state index contributed by atoms with van der Waals surface area (Å²) in [5, 5.41) is 18.9. The van der Waals surface area contributed by atoms with Crippen LogP contribution in [0.3, 0.4) is 0 Å². The third kappa shape index (κ3) is 7.10. The van der Waals surface area contributed by atoms with Crippen LogP contribution in [0.2, 0.25) is 0 Å². The number of aromatic nitrogens is 1. The van der Waals surface area contributed by atoms with Crippen molar-refractivity contribution in [2.45, 2.75) is 26.3 Å². The van der Waals surface area contributed by atoms with E-state index in [2.05, 4.69) is 4.98 Å². The van der Waals surface area contributed by atoms with E-state index in [1.165, 1.54) is 7.11 Å². The normalized spacial score (nSPS) is 11.5. The molecule has 4 aromatic rings. The van der Waals surface area contributed by atoms with Crippen LogP contribution in [0.1, 0.15) is 30.0 Å². The van der Waals surface area contributed by atoms with Crippen LogP contribution in [-0.4, -0.2) is 52.4 Å². The van der Waals surface area contributed by atoms with Crippen molar-refractivity contribution >= 4 is 12.1 Å². The number of amides is 1. The largest absolute Gasteiger partial charge is 0.508 e. The first-order chi connectivity index (χ1) is 19.2. The summed E-state index contributed by atoms with van der Waals surface area (Å²) < 4.78 is 22.1. The molecule has 40 heavy (non-hydrogen) atoms. The predicted octanol–water partition coefficient (Wildman–Crippen LogP) is 5.63. The average molecular weight is 547 g/mol. The fourth-order valence-corrected chi connectivity index (χ4v) is 3.98. The zero-order valence-electron chi connectivity index (χ0n) is 22.4. The van der Waals surface area contributed by atoms with Gasteiger partial charge in [-0.1, -0.05) is 12.1 Å². The van der Waals surface area contributed by atoms with Gasteiger partial charge in [0.1, 0.15) is 35.3 Å². The second-order valence-corrected chi connectivity index (χ2v) is 8.98. The Morgan fingerprint density at radius 1 is 0.950 bits per heavy atom. The number of carbonyl (C=O) groups excluding carboxylic acids is 1. The fourth-order valence-electron chi connectivity index (χ4n) is 3.98. The molecule has 1 heterocycles. The van der Waals surface area contributed by atoms with Gasteiger partial charge in [0.25, 0.3) is 0 Å². The van der Waals surface area contributed by atoms with E-state index in [0.717, 1.165) is 16.2 Å². The highest BCUT2D eigenvalue weighted by molar-refractivity contribution is 5.78. The molecule has 0 saturated carbocycles. The Balaban J connectivity index is 1.36. The fraction of sp³-hybridized carbons (Fsp3) is 0.233. The number of hydrogen-bond acceptors (Lipinski definition) is 8. The van der Waals surface area contributed by atoms with Gasteiger partial charge in [0.2, 0.25) is 5.89 Å². The molecular formula is C30H30N2O8. The average Bonchev–Trinajstić information content (AvgIpc) is 3.32. The third-order valence-electron chi connectivity index (χ3n) is 6.25. The molecule has 0 bridgehead atoms. The van der Waals surface area contributed by atoms with E-state index >= 15 is 0 Å². The second kappa shape index (κ2) is 12.7. The van der Waals surface area contributed by atoms with Gasteiger partial charge in [-0.3, -0.25) is 9.69 Å². The Hall–Kier alpha value is -4.99. The quantitative estimate of drug-likeness (QED) is 0.246. The Bertz CT molecular complexity index is 1430. The number of oxazole rings is 1. The Morgan fingerprint density at radius 2 is 1.57 bits per heavy atom. The van der Waals surface area contributed by atoms with Crippen molar-refractivity contribution in [1.29, 1.82) is 0 Å². The molecule has 1 atom stereocenters. The lowest BCUT2D eigenvalue weighted by molar-refractivity contribution is -0.138. The lowest BCUT2D eigenvalue weighted by atomic mass is 10.1. The summed E-state index contributed by atoms with van der Waals surface area (Å²) >= 11 is 0. The smallest absolute Gasteiger partial charge is 0.416 e. The topological polar surface area (TPSA) is 132 Å². The SMILES string of the molecule is COc1ccc(OC(=O)N(CC(=O)O)[C@@H](C)c2ccc(OCCc3nc(-c4ccc(O)cc4)oc3C)cc2)cc1. The molecular weight excluding hydrogens is 516 g/mol. The van der Waals surface area contributed by atoms with Gasteiger partial charge >= 0.3 is 12.1 Å². The molecule has 0 radical (unpaired) electrons. The van der Waals surface area contributed by atoms with Crippen molar-refractivity contribution in [3.8, 4) is 34.5 Å². The first kappa shape index (κ1) is 28.0. The lowest BCUT2D eigenvalue weighted by Gasteiger charge is -2.27. The molecule has 0 unspecified atom stereocenters. The van der Waals surface area contributed by atoms with Gasteiger partial charge in [0.05, 0.1) is 25.5 Å². The van der Waals surface area contributed by atoms with Crippen LogP contribution in [-0.2, 0) is 11.2 Å². The zero-order valence-corrected chi connectivity index (χ0v) is 22.4. The van der Waals surface area contributed by atoms with Crippen molar-refractivity contribution in [1.82, 2.24) is 9.88 Å². The van der Waals surface area contributed by atoms with Gasteiger partial charge in [-0.2, -0.15) is 0 Å². The summed E-state index contributed by atoms with van der Waals surface area (Å²) in [6.07, 6.45) is -0.259. The molecule has 0 spiro atoms. The van der Waals surface area contributed by atoms with Crippen LogP contribution in [0, 0.1) is 6.92 Å². The molecule has 4 rings (SSSR count). The summed E-state index contributed by atoms with van der Waals surface area (Å²) in [5.41, 5.74) is 2.25. The molecule has 3 aromatic carbocycles. The zero-order chi connectivity index (χ0) is 28.6. The van der Waals surface area contributed by atoms with Crippen LogP contribution in [0.15, 0.2) is 77.2 Å². The maximum atomic E-state index is 12.9. The molecule has 10 heteroatoms. The van der Waals surface area contributed by atoms with Crippen molar-refractivity contribution in [3.05, 3.63) is 89.8 Å². The van der Waals surface area contributed by atoms with Crippen LogP contribution in [0.25, 0.3) is 11.5 Å². The Kier molecular flexibility index (Phi) is 8.90. The molecule has 0 aliphatic heterocycles. The van der Waals surface area contributed by atoms with Gasteiger partial charge in [-0.15, -0.1) is 0 Å². The minimum absolute atomic E-state index is 0.171. The number of aryl methyl sites for hydroxylation is 1. The van der Waals surface area contributed by atoms with E-state index in [4.69, 9.17) is 18.6 Å². The summed E-state index contributed by atoms with van der Waals surface area (Å²) in [4.78, 5) is 30.0. The number of hydrogen-bond donors (Lipinski definition) is 2. The van der Waals surface area contributed by atoms with Crippen molar-refractivity contribution < 1.29 is 38.4 Å². The van der Waals surface area contributed by atoms with E-state index in [0.29, 0.717) is 41.7 Å². The number of phenolic OH excluding ortho intramolecular Hbond substituents is 1. The van der Waals surface area contributed by atoms with Crippen LogP contribution in [0.5, 0.6) is 23.0 Å². The monoisotopic (exact) mass is 546 g/mol. The van der Waals surface area contributed by atoms with Gasteiger partial charge in [-0.25, -0.2) is 9.78 Å². The molecule has 0 fully saturated rings. The molecule has 10 nitrogen and oxygen atoms in total. The van der Waals surface area contributed by atoms with E-state index in [-0.39, 0.29) is 11.5 Å². The maximum absolute atomic E-state index is 12.9. The summed E-state index contributed by atoms with van der Waals surface area (Å²) in [6, 6.07) is 19.6. The standard InChI is InChI=1S/C30H30N2O8/c1-19(32(18-28(34)35)30(36)40-26-14-12-24(37-3)13-15-26)21-6-10-25(11-7-21)38-17-16-27-20(2)39-29(31-27)22-4-8-23(33)9-5-22/h4-15,19,33H,16-18H2,1-3H3,(H,34,35)/t19-/m0/s1. The van der Waals surface area contributed by atoms with Gasteiger partial charge in [0, 0.05) is 12.0 Å². The summed E-state index contributed by atoms with van der Waals surface area (Å²) in [6.45, 7) is 3.40. The number of aliphatic carboxylic acids is 1. The third-order valence-corrected chi connectivity index (χ3v) is 6.25. The molecule has 0 aliphatic carbocycles. The minimum atomic E-state index is -1.16. The van der Waals surface area contributed by atoms with Crippen molar-refractivity contribution in [3.63, 3.8) is 0 Å². The first-order valence-corrected chi connectivity index (χ1v) is 12.6. The number of benzene rings is 3. The Morgan fingerprint density at radius 3 is 2.20 bits per heavy atom. The molecule has 2 N–H and O–H groups in total. The molecule has 1 aromatic heterocycles. The van der Waals surface area contributed by atoms with Gasteiger partial charge in [0.15, 0.2) is 0 Å². The lowest BCUT2D eigenvalue weighted by Crippen LogP contribution is -2.39. The minimum Gasteiger partial charge on any atom is -0.508 e.